The topological polar surface area (TPSA) is 72.8 Å². The van der Waals surface area contributed by atoms with Gasteiger partial charge in [0.15, 0.2) is 0 Å². The second-order valence-electron chi connectivity index (χ2n) is 7.92. The average Bonchev–Trinajstić information content (AvgIpc) is 3.15. The van der Waals surface area contributed by atoms with E-state index in [4.69, 9.17) is 5.11 Å². The van der Waals surface area contributed by atoms with Crippen molar-refractivity contribution in [2.24, 2.45) is 0 Å². The van der Waals surface area contributed by atoms with Crippen LogP contribution in [0.5, 0.6) is 0 Å². The third-order valence-corrected chi connectivity index (χ3v) is 5.52. The summed E-state index contributed by atoms with van der Waals surface area (Å²) in [5.74, 6) is 0.114. The summed E-state index contributed by atoms with van der Waals surface area (Å²) < 4.78 is 0. The van der Waals surface area contributed by atoms with Crippen molar-refractivity contribution in [1.29, 1.82) is 0 Å². The van der Waals surface area contributed by atoms with Crippen molar-refractivity contribution in [2.75, 3.05) is 25.0 Å². The SMILES string of the molecule is CCO.Cc1cccc([C@@H]2CCc3cc(CC(=O)N4CC[C@H](O)C4)ccc3N2)c1. The van der Waals surface area contributed by atoms with E-state index in [0.717, 1.165) is 18.4 Å². The number of aryl methyl sites for hydroxylation is 2. The molecule has 0 saturated carbocycles. The van der Waals surface area contributed by atoms with Gasteiger partial charge >= 0.3 is 0 Å². The molecule has 29 heavy (non-hydrogen) atoms. The Balaban J connectivity index is 0.000000755. The van der Waals surface area contributed by atoms with Gasteiger partial charge in [-0.05, 0) is 55.9 Å². The number of likely N-dealkylation sites (tertiary alicyclic amines) is 1. The molecule has 0 radical (unpaired) electrons. The van der Waals surface area contributed by atoms with Gasteiger partial charge in [-0.3, -0.25) is 4.79 Å². The number of aliphatic hydroxyl groups excluding tert-OH is 2. The number of aliphatic hydroxyl groups is 2. The minimum atomic E-state index is -0.356. The first-order chi connectivity index (χ1) is 14.0. The molecule has 0 spiro atoms. The lowest BCUT2D eigenvalue weighted by Crippen LogP contribution is -2.30. The molecule has 2 aromatic carbocycles. The zero-order valence-corrected chi connectivity index (χ0v) is 17.4. The van der Waals surface area contributed by atoms with Crippen LogP contribution in [0.4, 0.5) is 5.69 Å². The minimum Gasteiger partial charge on any atom is -0.397 e. The number of carbonyl (C=O) groups is 1. The Bertz CT molecular complexity index is 837. The van der Waals surface area contributed by atoms with E-state index in [0.29, 0.717) is 32.0 Å². The highest BCUT2D eigenvalue weighted by molar-refractivity contribution is 5.79. The molecule has 5 heteroatoms. The number of rotatable bonds is 3. The van der Waals surface area contributed by atoms with Crippen molar-refractivity contribution in [3.63, 3.8) is 0 Å². The molecule has 2 aliphatic rings. The quantitative estimate of drug-likeness (QED) is 0.745. The van der Waals surface area contributed by atoms with E-state index in [1.807, 2.05) is 0 Å². The molecule has 156 valence electrons. The summed E-state index contributed by atoms with van der Waals surface area (Å²) in [6.07, 6.45) is 2.84. The zero-order valence-electron chi connectivity index (χ0n) is 17.4. The summed E-state index contributed by atoms with van der Waals surface area (Å²) in [5.41, 5.74) is 6.15. The Morgan fingerprint density at radius 2 is 2.00 bits per heavy atom. The average molecular weight is 397 g/mol. The van der Waals surface area contributed by atoms with Gasteiger partial charge in [0.1, 0.15) is 0 Å². The lowest BCUT2D eigenvalue weighted by Gasteiger charge is -2.28. The molecule has 2 aliphatic heterocycles. The first kappa shape index (κ1) is 21.3. The van der Waals surface area contributed by atoms with Crippen LogP contribution in [-0.4, -0.2) is 46.8 Å². The van der Waals surface area contributed by atoms with Crippen LogP contribution < -0.4 is 5.32 Å². The lowest BCUT2D eigenvalue weighted by molar-refractivity contribution is -0.129. The van der Waals surface area contributed by atoms with Crippen LogP contribution in [0.3, 0.4) is 0 Å². The molecule has 0 bridgehead atoms. The second-order valence-corrected chi connectivity index (χ2v) is 7.92. The summed E-state index contributed by atoms with van der Waals surface area (Å²) in [4.78, 5) is 14.2. The Labute approximate surface area is 173 Å². The number of fused-ring (bicyclic) bond motifs is 1. The van der Waals surface area contributed by atoms with E-state index in [9.17, 15) is 9.90 Å². The molecule has 3 N–H and O–H groups in total. The first-order valence-corrected chi connectivity index (χ1v) is 10.5. The van der Waals surface area contributed by atoms with Crippen LogP contribution >= 0.6 is 0 Å². The van der Waals surface area contributed by atoms with Gasteiger partial charge in [0.05, 0.1) is 18.6 Å². The number of hydrogen-bond acceptors (Lipinski definition) is 4. The van der Waals surface area contributed by atoms with Crippen LogP contribution in [0, 0.1) is 6.92 Å². The van der Waals surface area contributed by atoms with Crippen molar-refractivity contribution >= 4 is 11.6 Å². The predicted molar refractivity (Wildman–Crippen MR) is 116 cm³/mol. The summed E-state index contributed by atoms with van der Waals surface area (Å²) in [6, 6.07) is 15.4. The normalized spacial score (nSPS) is 20.3. The lowest BCUT2D eigenvalue weighted by atomic mass is 9.91. The van der Waals surface area contributed by atoms with Gasteiger partial charge in [0, 0.05) is 25.4 Å². The van der Waals surface area contributed by atoms with Crippen molar-refractivity contribution in [3.05, 3.63) is 64.7 Å². The van der Waals surface area contributed by atoms with Crippen LogP contribution in [0.15, 0.2) is 42.5 Å². The van der Waals surface area contributed by atoms with Gasteiger partial charge in [0.2, 0.25) is 5.91 Å². The van der Waals surface area contributed by atoms with Gasteiger partial charge in [0.25, 0.3) is 0 Å². The van der Waals surface area contributed by atoms with Gasteiger partial charge in [-0.15, -0.1) is 0 Å². The zero-order chi connectivity index (χ0) is 20.8. The molecule has 2 heterocycles. The smallest absolute Gasteiger partial charge is 0.227 e. The Kier molecular flexibility index (Phi) is 7.29. The molecule has 5 nitrogen and oxygen atoms in total. The van der Waals surface area contributed by atoms with E-state index in [1.54, 1.807) is 11.8 Å². The van der Waals surface area contributed by atoms with Gasteiger partial charge in [-0.2, -0.15) is 0 Å². The molecule has 1 fully saturated rings. The van der Waals surface area contributed by atoms with Gasteiger partial charge in [-0.25, -0.2) is 0 Å². The van der Waals surface area contributed by atoms with Crippen LogP contribution in [0.1, 0.15) is 48.1 Å². The van der Waals surface area contributed by atoms with Gasteiger partial charge in [-0.1, -0.05) is 42.0 Å². The highest BCUT2D eigenvalue weighted by Crippen LogP contribution is 2.33. The van der Waals surface area contributed by atoms with E-state index in [2.05, 4.69) is 54.7 Å². The molecule has 0 aliphatic carbocycles. The highest BCUT2D eigenvalue weighted by atomic mass is 16.3. The monoisotopic (exact) mass is 396 g/mol. The fourth-order valence-electron chi connectivity index (χ4n) is 4.06. The van der Waals surface area contributed by atoms with Crippen molar-refractivity contribution in [2.45, 2.75) is 51.7 Å². The molecule has 2 aromatic rings. The third-order valence-electron chi connectivity index (χ3n) is 5.52. The molecule has 0 aromatic heterocycles. The summed E-state index contributed by atoms with van der Waals surface area (Å²) in [6.45, 7) is 5.21. The maximum atomic E-state index is 12.4. The van der Waals surface area contributed by atoms with Crippen molar-refractivity contribution < 1.29 is 15.0 Å². The number of nitrogens with one attached hydrogen (secondary N) is 1. The van der Waals surface area contributed by atoms with E-state index in [1.165, 1.54) is 22.4 Å². The van der Waals surface area contributed by atoms with Crippen LogP contribution in [-0.2, 0) is 17.6 Å². The van der Waals surface area contributed by atoms with E-state index in [-0.39, 0.29) is 18.6 Å². The highest BCUT2D eigenvalue weighted by Gasteiger charge is 2.25. The number of benzene rings is 2. The van der Waals surface area contributed by atoms with Crippen LogP contribution in [0.25, 0.3) is 0 Å². The van der Waals surface area contributed by atoms with E-state index >= 15 is 0 Å². The standard InChI is InChI=1S/C22H26N2O2.C2H6O/c1-15-3-2-4-17(11-15)21-8-6-18-12-16(5-7-20(18)23-21)13-22(26)24-10-9-19(25)14-24;1-2-3/h2-5,7,11-12,19,21,23,25H,6,8-10,13-14H2,1H3;3H,2H2,1H3/t19-,21-;/m0./s1. The summed E-state index contributed by atoms with van der Waals surface area (Å²) in [5, 5.41) is 20.8. The van der Waals surface area contributed by atoms with Crippen molar-refractivity contribution in [1.82, 2.24) is 4.90 Å². The van der Waals surface area contributed by atoms with Gasteiger partial charge < -0.3 is 20.4 Å². The molecular formula is C24H32N2O3. The molecular weight excluding hydrogens is 364 g/mol. The number of carbonyl (C=O) groups excluding carboxylic acids is 1. The maximum Gasteiger partial charge on any atom is 0.227 e. The maximum absolute atomic E-state index is 12.4. The fraction of sp³-hybridized carbons (Fsp3) is 0.458. The molecule has 1 amide bonds. The van der Waals surface area contributed by atoms with Crippen LogP contribution in [0.2, 0.25) is 0 Å². The Morgan fingerprint density at radius 3 is 2.69 bits per heavy atom. The number of amides is 1. The number of anilines is 1. The number of β-amino-alcohol motifs (C(OH)–C–C–N with tert-alkyl or cyclic N) is 1. The molecule has 4 rings (SSSR count). The van der Waals surface area contributed by atoms with Crippen molar-refractivity contribution in [3.8, 4) is 0 Å². The second kappa shape index (κ2) is 9.90. The molecule has 2 atom stereocenters. The Hall–Kier alpha value is -2.37. The Morgan fingerprint density at radius 1 is 1.21 bits per heavy atom. The minimum absolute atomic E-state index is 0.114. The molecule has 1 saturated heterocycles. The first-order valence-electron chi connectivity index (χ1n) is 10.5. The fourth-order valence-corrected chi connectivity index (χ4v) is 4.06. The van der Waals surface area contributed by atoms with E-state index < -0.39 is 0 Å². The summed E-state index contributed by atoms with van der Waals surface area (Å²) in [7, 11) is 0. The third kappa shape index (κ3) is 5.58. The largest absolute Gasteiger partial charge is 0.397 e. The summed E-state index contributed by atoms with van der Waals surface area (Å²) >= 11 is 0. The predicted octanol–water partition coefficient (Wildman–Crippen LogP) is 3.23. The number of nitrogens with zero attached hydrogens (tertiary/aromatic N) is 1. The molecule has 0 unspecified atom stereocenters. The number of hydrogen-bond donors (Lipinski definition) is 3.